The number of hydrogen-bond acceptors (Lipinski definition) is 7. The minimum Gasteiger partial charge on any atom is -0.494 e. The van der Waals surface area contributed by atoms with Gasteiger partial charge >= 0.3 is 0 Å². The molecule has 144 valence electrons. The molecule has 10 heteroatoms. The molecule has 2 aromatic carbocycles. The van der Waals surface area contributed by atoms with Gasteiger partial charge in [0.2, 0.25) is 5.91 Å². The highest BCUT2D eigenvalue weighted by molar-refractivity contribution is 6.23. The summed E-state index contributed by atoms with van der Waals surface area (Å²) in [5.74, 6) is -1.56. The Morgan fingerprint density at radius 3 is 2.57 bits per heavy atom. The van der Waals surface area contributed by atoms with Crippen LogP contribution >= 0.6 is 0 Å². The number of methoxy groups -OCH3 is 1. The standard InChI is InChI=1S/C18H16N4O6/c1-28-15-9-12(22(26)27)7-8-14(15)21-16(23)10-13(18(21)25)19-20-17(24)11-5-3-2-4-6-11/h2-9,13,19H,10H2,1H3,(H,20,24)/t13-/m0/s1. The number of non-ortho nitro benzene ring substituents is 1. The van der Waals surface area contributed by atoms with Crippen LogP contribution in [0.25, 0.3) is 0 Å². The molecular formula is C18H16N4O6. The van der Waals surface area contributed by atoms with E-state index in [9.17, 15) is 24.5 Å². The van der Waals surface area contributed by atoms with Crippen LogP contribution in [0.2, 0.25) is 0 Å². The molecule has 1 aliphatic rings. The van der Waals surface area contributed by atoms with Gasteiger partial charge in [-0.1, -0.05) is 18.2 Å². The summed E-state index contributed by atoms with van der Waals surface area (Å²) in [6.07, 6.45) is -0.186. The number of rotatable bonds is 6. The summed E-state index contributed by atoms with van der Waals surface area (Å²) in [4.78, 5) is 48.3. The van der Waals surface area contributed by atoms with Crippen LogP contribution in [0.4, 0.5) is 11.4 Å². The van der Waals surface area contributed by atoms with Gasteiger partial charge < -0.3 is 4.74 Å². The lowest BCUT2D eigenvalue weighted by molar-refractivity contribution is -0.384. The predicted molar refractivity (Wildman–Crippen MR) is 97.6 cm³/mol. The Morgan fingerprint density at radius 2 is 1.93 bits per heavy atom. The van der Waals surface area contributed by atoms with Crippen LogP contribution in [0.3, 0.4) is 0 Å². The normalized spacial score (nSPS) is 16.2. The highest BCUT2D eigenvalue weighted by Crippen LogP contribution is 2.34. The van der Waals surface area contributed by atoms with Gasteiger partial charge in [0.15, 0.2) is 0 Å². The second-order valence-corrected chi connectivity index (χ2v) is 5.90. The average molecular weight is 384 g/mol. The fraction of sp³-hybridized carbons (Fsp3) is 0.167. The lowest BCUT2D eigenvalue weighted by Gasteiger charge is -2.18. The Morgan fingerprint density at radius 1 is 1.21 bits per heavy atom. The molecule has 0 aromatic heterocycles. The van der Waals surface area contributed by atoms with E-state index in [1.54, 1.807) is 30.3 Å². The number of nitrogens with one attached hydrogen (secondary N) is 2. The number of nitrogens with zero attached hydrogens (tertiary/aromatic N) is 2. The van der Waals surface area contributed by atoms with Gasteiger partial charge in [-0.3, -0.25) is 29.9 Å². The van der Waals surface area contributed by atoms with Crippen molar-refractivity contribution in [1.29, 1.82) is 0 Å². The third kappa shape index (κ3) is 3.67. The van der Waals surface area contributed by atoms with Gasteiger partial charge in [0.25, 0.3) is 17.5 Å². The molecule has 0 aliphatic carbocycles. The Hall–Kier alpha value is -3.79. The second kappa shape index (κ2) is 7.84. The molecule has 10 nitrogen and oxygen atoms in total. The van der Waals surface area contributed by atoms with E-state index in [0.29, 0.717) is 5.56 Å². The Bertz CT molecular complexity index is 946. The molecule has 0 bridgehead atoms. The van der Waals surface area contributed by atoms with E-state index in [1.165, 1.54) is 19.2 Å². The number of amides is 3. The van der Waals surface area contributed by atoms with E-state index < -0.39 is 28.7 Å². The van der Waals surface area contributed by atoms with Crippen LogP contribution in [0.15, 0.2) is 48.5 Å². The maximum absolute atomic E-state index is 12.7. The van der Waals surface area contributed by atoms with Crippen molar-refractivity contribution in [2.75, 3.05) is 12.0 Å². The topological polar surface area (TPSA) is 131 Å². The highest BCUT2D eigenvalue weighted by Gasteiger charge is 2.41. The quantitative estimate of drug-likeness (QED) is 0.434. The van der Waals surface area contributed by atoms with Crippen molar-refractivity contribution < 1.29 is 24.0 Å². The monoisotopic (exact) mass is 384 g/mol. The molecule has 3 amide bonds. The summed E-state index contributed by atoms with van der Waals surface area (Å²) in [7, 11) is 1.28. The summed E-state index contributed by atoms with van der Waals surface area (Å²) in [5.41, 5.74) is 5.23. The summed E-state index contributed by atoms with van der Waals surface area (Å²) in [6, 6.07) is 11.0. The van der Waals surface area contributed by atoms with Gasteiger partial charge in [-0.15, -0.1) is 0 Å². The number of nitro benzene ring substituents is 1. The molecule has 1 atom stereocenters. The fourth-order valence-electron chi connectivity index (χ4n) is 2.78. The van der Waals surface area contributed by atoms with Gasteiger partial charge in [0, 0.05) is 11.6 Å². The van der Waals surface area contributed by atoms with E-state index >= 15 is 0 Å². The highest BCUT2D eigenvalue weighted by atomic mass is 16.6. The molecule has 0 spiro atoms. The van der Waals surface area contributed by atoms with Crippen molar-refractivity contribution in [3.05, 3.63) is 64.2 Å². The van der Waals surface area contributed by atoms with Gasteiger partial charge in [-0.25, -0.2) is 10.3 Å². The van der Waals surface area contributed by atoms with E-state index in [1.807, 2.05) is 0 Å². The lowest BCUT2D eigenvalue weighted by Crippen LogP contribution is -2.48. The largest absolute Gasteiger partial charge is 0.494 e. The number of benzene rings is 2. The van der Waals surface area contributed by atoms with Crippen LogP contribution in [-0.2, 0) is 9.59 Å². The predicted octanol–water partition coefficient (Wildman–Crippen LogP) is 1.17. The van der Waals surface area contributed by atoms with Gasteiger partial charge in [0.05, 0.1) is 30.2 Å². The number of ether oxygens (including phenoxy) is 1. The van der Waals surface area contributed by atoms with Crippen LogP contribution in [0, 0.1) is 10.1 Å². The molecular weight excluding hydrogens is 368 g/mol. The average Bonchev–Trinajstić information content (AvgIpc) is 2.99. The zero-order valence-corrected chi connectivity index (χ0v) is 14.7. The summed E-state index contributed by atoms with van der Waals surface area (Å²) >= 11 is 0. The molecule has 1 aliphatic heterocycles. The van der Waals surface area contributed by atoms with Crippen molar-refractivity contribution in [3.8, 4) is 5.75 Å². The van der Waals surface area contributed by atoms with Crippen LogP contribution in [0.1, 0.15) is 16.8 Å². The van der Waals surface area contributed by atoms with Crippen molar-refractivity contribution in [1.82, 2.24) is 10.9 Å². The second-order valence-electron chi connectivity index (χ2n) is 5.90. The SMILES string of the molecule is COc1cc([N+](=O)[O-])ccc1N1C(=O)C[C@H](NNC(=O)c2ccccc2)C1=O. The number of hydrazine groups is 1. The zero-order chi connectivity index (χ0) is 20.3. The van der Waals surface area contributed by atoms with E-state index in [0.717, 1.165) is 11.0 Å². The molecule has 1 saturated heterocycles. The van der Waals surface area contributed by atoms with Crippen LogP contribution in [-0.4, -0.2) is 35.8 Å². The van der Waals surface area contributed by atoms with E-state index in [-0.39, 0.29) is 23.5 Å². The van der Waals surface area contributed by atoms with Gasteiger partial charge in [-0.05, 0) is 18.2 Å². The number of imide groups is 1. The lowest BCUT2D eigenvalue weighted by atomic mass is 10.2. The first-order chi connectivity index (χ1) is 13.4. The molecule has 2 N–H and O–H groups in total. The molecule has 3 rings (SSSR count). The first-order valence-corrected chi connectivity index (χ1v) is 8.22. The molecule has 0 saturated carbocycles. The Labute approximate surface area is 159 Å². The van der Waals surface area contributed by atoms with Crippen molar-refractivity contribution >= 4 is 29.1 Å². The molecule has 2 aromatic rings. The maximum atomic E-state index is 12.7. The minimum absolute atomic E-state index is 0.0184. The third-order valence-electron chi connectivity index (χ3n) is 4.16. The zero-order valence-electron chi connectivity index (χ0n) is 14.7. The third-order valence-corrected chi connectivity index (χ3v) is 4.16. The van der Waals surface area contributed by atoms with E-state index in [4.69, 9.17) is 4.74 Å². The summed E-state index contributed by atoms with van der Waals surface area (Å²) in [6.45, 7) is 0. The van der Waals surface area contributed by atoms with Crippen LogP contribution < -0.4 is 20.5 Å². The fourth-order valence-corrected chi connectivity index (χ4v) is 2.78. The van der Waals surface area contributed by atoms with Gasteiger partial charge in [-0.2, -0.15) is 0 Å². The van der Waals surface area contributed by atoms with Crippen molar-refractivity contribution in [3.63, 3.8) is 0 Å². The Kier molecular flexibility index (Phi) is 5.32. The smallest absolute Gasteiger partial charge is 0.273 e. The molecule has 0 radical (unpaired) electrons. The van der Waals surface area contributed by atoms with Crippen molar-refractivity contribution in [2.45, 2.75) is 12.5 Å². The summed E-state index contributed by atoms with van der Waals surface area (Å²) < 4.78 is 5.10. The first kappa shape index (κ1) is 19.0. The van der Waals surface area contributed by atoms with Gasteiger partial charge in [0.1, 0.15) is 11.8 Å². The maximum Gasteiger partial charge on any atom is 0.273 e. The first-order valence-electron chi connectivity index (χ1n) is 8.22. The van der Waals surface area contributed by atoms with Crippen LogP contribution in [0.5, 0.6) is 5.75 Å². The molecule has 28 heavy (non-hydrogen) atoms. The number of nitro groups is 1. The molecule has 1 fully saturated rings. The minimum atomic E-state index is -0.972. The Balaban J connectivity index is 1.75. The number of carbonyl (C=O) groups is 3. The molecule has 1 heterocycles. The summed E-state index contributed by atoms with van der Waals surface area (Å²) in [5, 5.41) is 10.9. The van der Waals surface area contributed by atoms with Crippen molar-refractivity contribution in [2.24, 2.45) is 0 Å². The number of anilines is 1. The van der Waals surface area contributed by atoms with E-state index in [2.05, 4.69) is 10.9 Å². The molecule has 0 unspecified atom stereocenters. The number of carbonyl (C=O) groups excluding carboxylic acids is 3. The number of hydrogen-bond donors (Lipinski definition) is 2.